The van der Waals surface area contributed by atoms with Gasteiger partial charge < -0.3 is 4.74 Å². The third-order valence-electron chi connectivity index (χ3n) is 3.38. The molecule has 1 aliphatic heterocycles. The fourth-order valence-corrected chi connectivity index (χ4v) is 2.14. The van der Waals surface area contributed by atoms with Gasteiger partial charge in [-0.1, -0.05) is 18.2 Å². The highest BCUT2D eigenvalue weighted by Gasteiger charge is 2.22. The summed E-state index contributed by atoms with van der Waals surface area (Å²) >= 11 is 0. The predicted molar refractivity (Wildman–Crippen MR) is 66.7 cm³/mol. The van der Waals surface area contributed by atoms with Crippen LogP contribution >= 0.6 is 0 Å². The fourth-order valence-electron chi connectivity index (χ4n) is 2.14. The lowest BCUT2D eigenvalue weighted by molar-refractivity contribution is 0.0266. The first-order valence-corrected chi connectivity index (χ1v) is 6.01. The zero-order valence-corrected chi connectivity index (χ0v) is 10.4. The molecule has 2 rings (SSSR count). The summed E-state index contributed by atoms with van der Waals surface area (Å²) in [7, 11) is 0. The number of benzene rings is 1. The lowest BCUT2D eigenvalue weighted by Gasteiger charge is -2.30. The minimum atomic E-state index is -0.141. The van der Waals surface area contributed by atoms with Crippen molar-refractivity contribution >= 4 is 0 Å². The lowest BCUT2D eigenvalue weighted by atomic mass is 10.0. The fraction of sp³-hybridized carbons (Fsp3) is 0.500. The van der Waals surface area contributed by atoms with Crippen LogP contribution in [-0.2, 0) is 4.74 Å². The Labute approximate surface area is 103 Å². The van der Waals surface area contributed by atoms with E-state index in [9.17, 15) is 5.26 Å². The molecule has 0 aliphatic carbocycles. The summed E-state index contributed by atoms with van der Waals surface area (Å²) in [5.74, 6) is 0. The van der Waals surface area contributed by atoms with E-state index in [1.165, 1.54) is 11.1 Å². The molecule has 1 fully saturated rings. The zero-order valence-electron chi connectivity index (χ0n) is 10.4. The third-order valence-corrected chi connectivity index (χ3v) is 3.38. The molecule has 1 heterocycles. The van der Waals surface area contributed by atoms with Gasteiger partial charge >= 0.3 is 0 Å². The number of hydrogen-bond acceptors (Lipinski definition) is 3. The van der Waals surface area contributed by atoms with Crippen LogP contribution in [0.2, 0.25) is 0 Å². The maximum atomic E-state index is 9.36. The monoisotopic (exact) mass is 230 g/mol. The van der Waals surface area contributed by atoms with E-state index in [0.717, 1.165) is 31.9 Å². The van der Waals surface area contributed by atoms with E-state index in [0.29, 0.717) is 0 Å². The molecule has 0 radical (unpaired) electrons. The van der Waals surface area contributed by atoms with Crippen LogP contribution in [0.4, 0.5) is 0 Å². The Balaban J connectivity index is 2.22. The number of aryl methyl sites for hydroxylation is 2. The summed E-state index contributed by atoms with van der Waals surface area (Å²) in [6, 6.07) is 8.54. The van der Waals surface area contributed by atoms with Crippen molar-refractivity contribution < 1.29 is 4.74 Å². The van der Waals surface area contributed by atoms with E-state index < -0.39 is 0 Å². The summed E-state index contributed by atoms with van der Waals surface area (Å²) in [4.78, 5) is 2.19. The van der Waals surface area contributed by atoms with E-state index >= 15 is 0 Å². The van der Waals surface area contributed by atoms with Gasteiger partial charge in [-0.2, -0.15) is 5.26 Å². The molecule has 0 N–H and O–H groups in total. The van der Waals surface area contributed by atoms with Crippen molar-refractivity contribution in [2.24, 2.45) is 0 Å². The van der Waals surface area contributed by atoms with Gasteiger partial charge in [0.25, 0.3) is 0 Å². The van der Waals surface area contributed by atoms with Crippen LogP contribution in [0.1, 0.15) is 22.7 Å². The summed E-state index contributed by atoms with van der Waals surface area (Å²) in [6.07, 6.45) is 0. The molecule has 0 bridgehead atoms. The van der Waals surface area contributed by atoms with Crippen LogP contribution in [-0.4, -0.2) is 31.2 Å². The topological polar surface area (TPSA) is 36.3 Å². The van der Waals surface area contributed by atoms with Gasteiger partial charge in [0.2, 0.25) is 0 Å². The van der Waals surface area contributed by atoms with Crippen molar-refractivity contribution in [3.05, 3.63) is 34.9 Å². The van der Waals surface area contributed by atoms with Gasteiger partial charge in [-0.05, 0) is 30.5 Å². The molecule has 1 aliphatic rings. The Morgan fingerprint density at radius 1 is 1.24 bits per heavy atom. The Morgan fingerprint density at radius 2 is 1.94 bits per heavy atom. The summed E-state index contributed by atoms with van der Waals surface area (Å²) < 4.78 is 5.32. The molecule has 17 heavy (non-hydrogen) atoms. The molecule has 90 valence electrons. The molecule has 1 atom stereocenters. The minimum Gasteiger partial charge on any atom is -0.379 e. The number of rotatable bonds is 2. The van der Waals surface area contributed by atoms with Crippen LogP contribution in [0.5, 0.6) is 0 Å². The smallest absolute Gasteiger partial charge is 0.124 e. The zero-order chi connectivity index (χ0) is 12.3. The van der Waals surface area contributed by atoms with E-state index in [4.69, 9.17) is 4.74 Å². The van der Waals surface area contributed by atoms with Gasteiger partial charge in [-0.3, -0.25) is 4.90 Å². The van der Waals surface area contributed by atoms with Crippen LogP contribution in [0.3, 0.4) is 0 Å². The SMILES string of the molecule is Cc1ccc(C(C#N)N2CCOCC2)cc1C. The molecule has 0 amide bonds. The summed E-state index contributed by atoms with van der Waals surface area (Å²) in [5.41, 5.74) is 3.61. The van der Waals surface area contributed by atoms with Crippen molar-refractivity contribution in [2.75, 3.05) is 26.3 Å². The number of ether oxygens (including phenoxy) is 1. The average molecular weight is 230 g/mol. The quantitative estimate of drug-likeness (QED) is 0.781. The Kier molecular flexibility index (Phi) is 3.78. The number of nitriles is 1. The molecule has 0 saturated carbocycles. The Bertz CT molecular complexity index is 430. The molecule has 1 unspecified atom stereocenters. The molecule has 0 spiro atoms. The number of hydrogen-bond donors (Lipinski definition) is 0. The highest BCUT2D eigenvalue weighted by atomic mass is 16.5. The summed E-state index contributed by atoms with van der Waals surface area (Å²) in [6.45, 7) is 7.31. The molecular formula is C14H18N2O. The first-order chi connectivity index (χ1) is 8.22. The van der Waals surface area contributed by atoms with E-state index in [1.807, 2.05) is 0 Å². The molecule has 1 aromatic rings. The second-order valence-electron chi connectivity index (χ2n) is 4.52. The normalized spacial score (nSPS) is 18.6. The van der Waals surface area contributed by atoms with Gasteiger partial charge in [-0.25, -0.2) is 0 Å². The van der Waals surface area contributed by atoms with Gasteiger partial charge in [0.05, 0.1) is 19.3 Å². The second-order valence-corrected chi connectivity index (χ2v) is 4.52. The highest BCUT2D eigenvalue weighted by molar-refractivity contribution is 5.34. The molecule has 1 aromatic carbocycles. The van der Waals surface area contributed by atoms with Crippen LogP contribution < -0.4 is 0 Å². The van der Waals surface area contributed by atoms with Gasteiger partial charge in [0.15, 0.2) is 0 Å². The van der Waals surface area contributed by atoms with Gasteiger partial charge in [0.1, 0.15) is 6.04 Å². The first kappa shape index (κ1) is 12.1. The number of nitrogens with zero attached hydrogens (tertiary/aromatic N) is 2. The third kappa shape index (κ3) is 2.66. The second kappa shape index (κ2) is 5.31. The molecule has 3 nitrogen and oxygen atoms in total. The Morgan fingerprint density at radius 3 is 2.53 bits per heavy atom. The van der Waals surface area contributed by atoms with E-state index in [-0.39, 0.29) is 6.04 Å². The first-order valence-electron chi connectivity index (χ1n) is 6.01. The molecule has 0 aromatic heterocycles. The Hall–Kier alpha value is -1.37. The van der Waals surface area contributed by atoms with Crippen molar-refractivity contribution in [1.82, 2.24) is 4.90 Å². The van der Waals surface area contributed by atoms with Crippen LogP contribution in [0.25, 0.3) is 0 Å². The maximum absolute atomic E-state index is 9.36. The molecule has 3 heteroatoms. The minimum absolute atomic E-state index is 0.141. The lowest BCUT2D eigenvalue weighted by Crippen LogP contribution is -2.38. The highest BCUT2D eigenvalue weighted by Crippen LogP contribution is 2.23. The van der Waals surface area contributed by atoms with Crippen LogP contribution in [0.15, 0.2) is 18.2 Å². The summed E-state index contributed by atoms with van der Waals surface area (Å²) in [5, 5.41) is 9.36. The van der Waals surface area contributed by atoms with Crippen molar-refractivity contribution in [2.45, 2.75) is 19.9 Å². The molecular weight excluding hydrogens is 212 g/mol. The number of morpholine rings is 1. The van der Waals surface area contributed by atoms with Gasteiger partial charge in [0, 0.05) is 13.1 Å². The van der Waals surface area contributed by atoms with Crippen molar-refractivity contribution in [1.29, 1.82) is 5.26 Å². The van der Waals surface area contributed by atoms with Gasteiger partial charge in [-0.15, -0.1) is 0 Å². The van der Waals surface area contributed by atoms with Crippen molar-refractivity contribution in [3.63, 3.8) is 0 Å². The van der Waals surface area contributed by atoms with E-state index in [2.05, 4.69) is 43.0 Å². The standard InChI is InChI=1S/C14H18N2O/c1-11-3-4-13(9-12(11)2)14(10-15)16-5-7-17-8-6-16/h3-4,9,14H,5-8H2,1-2H3. The van der Waals surface area contributed by atoms with E-state index in [1.54, 1.807) is 0 Å². The predicted octanol–water partition coefficient (Wildman–Crippen LogP) is 2.20. The molecule has 1 saturated heterocycles. The van der Waals surface area contributed by atoms with Crippen molar-refractivity contribution in [3.8, 4) is 6.07 Å². The largest absolute Gasteiger partial charge is 0.379 e. The average Bonchev–Trinajstić information content (AvgIpc) is 2.36. The van der Waals surface area contributed by atoms with Crippen LogP contribution in [0, 0.1) is 25.2 Å². The maximum Gasteiger partial charge on any atom is 0.124 e.